The van der Waals surface area contributed by atoms with Gasteiger partial charge in [-0.05, 0) is 64.2 Å². The lowest BCUT2D eigenvalue weighted by molar-refractivity contribution is -0.353. The molecular formula is C26H40O10. The summed E-state index contributed by atoms with van der Waals surface area (Å²) in [6, 6.07) is 0. The third-order valence-electron chi connectivity index (χ3n) is 11.8. The quantitative estimate of drug-likeness (QED) is 0.274. The summed E-state index contributed by atoms with van der Waals surface area (Å²) in [7, 11) is 0. The van der Waals surface area contributed by atoms with E-state index in [0.29, 0.717) is 44.9 Å². The Balaban J connectivity index is 1.31. The van der Waals surface area contributed by atoms with Gasteiger partial charge in [0.15, 0.2) is 0 Å². The minimum Gasteiger partial charge on any atom is -0.432 e. The fourth-order valence-electron chi connectivity index (χ4n) is 9.94. The van der Waals surface area contributed by atoms with E-state index in [1.54, 1.807) is 0 Å². The van der Waals surface area contributed by atoms with Crippen LogP contribution < -0.4 is 0 Å². The summed E-state index contributed by atoms with van der Waals surface area (Å²) in [5, 5.41) is 64.2. The summed E-state index contributed by atoms with van der Waals surface area (Å²) in [5.74, 6) is -0.669. The van der Waals surface area contributed by atoms with Gasteiger partial charge in [-0.2, -0.15) is 0 Å². The van der Waals surface area contributed by atoms with Crippen molar-refractivity contribution in [3.05, 3.63) is 0 Å². The van der Waals surface area contributed by atoms with Gasteiger partial charge in [0.1, 0.15) is 30.0 Å². The first-order valence-electron chi connectivity index (χ1n) is 13.4. The third-order valence-corrected chi connectivity index (χ3v) is 11.8. The molecule has 36 heavy (non-hydrogen) atoms. The number of carbonyl (C=O) groups excluding carboxylic acids is 1. The van der Waals surface area contributed by atoms with Crippen LogP contribution in [0.25, 0.3) is 0 Å². The maximum absolute atomic E-state index is 13.8. The van der Waals surface area contributed by atoms with Gasteiger partial charge in [-0.15, -0.1) is 0 Å². The Labute approximate surface area is 210 Å². The highest BCUT2D eigenvalue weighted by Gasteiger charge is 2.84. The standard InChI is InChI=1S/C26H40O10/c1-22(21(32)35-19-18(30)17(29)16(28)13(11-27)34-19)6-4-7-23(2)14(22)5-8-25-10-12-9-15(26(23,25)33)36-24(12,3)20(25)31/h12-20,27-31,33H,4-11H2,1-3H3/t12-,13-,14-,15+,16-,17+,18-,19+,20-,22-,23-,24+,25+,26-/m1/s1. The smallest absolute Gasteiger partial charge is 0.314 e. The van der Waals surface area contributed by atoms with Gasteiger partial charge in [-0.3, -0.25) is 4.79 Å². The molecule has 4 aliphatic carbocycles. The van der Waals surface area contributed by atoms with Gasteiger partial charge in [-0.25, -0.2) is 0 Å². The second-order valence-electron chi connectivity index (χ2n) is 13.1. The van der Waals surface area contributed by atoms with Crippen molar-refractivity contribution in [1.29, 1.82) is 0 Å². The summed E-state index contributed by atoms with van der Waals surface area (Å²) >= 11 is 0. The monoisotopic (exact) mass is 512 g/mol. The van der Waals surface area contributed by atoms with Crippen LogP contribution in [0.4, 0.5) is 0 Å². The summed E-state index contributed by atoms with van der Waals surface area (Å²) in [6.07, 6.45) is -4.26. The van der Waals surface area contributed by atoms with E-state index in [-0.39, 0.29) is 11.8 Å². The van der Waals surface area contributed by atoms with Crippen LogP contribution >= 0.6 is 0 Å². The van der Waals surface area contributed by atoms with Crippen LogP contribution in [0.2, 0.25) is 0 Å². The lowest BCUT2D eigenvalue weighted by Crippen LogP contribution is -2.78. The summed E-state index contributed by atoms with van der Waals surface area (Å²) in [6.45, 7) is 5.20. The Kier molecular flexibility index (Phi) is 5.39. The number of hydrogen-bond donors (Lipinski definition) is 6. The number of rotatable bonds is 3. The van der Waals surface area contributed by atoms with Crippen LogP contribution in [0.15, 0.2) is 0 Å². The van der Waals surface area contributed by atoms with Crippen LogP contribution in [-0.4, -0.2) is 97.3 Å². The number of carbonyl (C=O) groups is 1. The zero-order chi connectivity index (χ0) is 26.1. The predicted octanol–water partition coefficient (Wildman–Crippen LogP) is -0.404. The second kappa shape index (κ2) is 7.63. The average Bonchev–Trinajstić information content (AvgIpc) is 3.22. The molecule has 7 aliphatic rings. The van der Waals surface area contributed by atoms with Crippen molar-refractivity contribution in [3.63, 3.8) is 0 Å². The maximum atomic E-state index is 13.8. The van der Waals surface area contributed by atoms with Gasteiger partial charge in [-0.1, -0.05) is 13.3 Å². The zero-order valence-electron chi connectivity index (χ0n) is 21.2. The first-order chi connectivity index (χ1) is 16.8. The van der Waals surface area contributed by atoms with E-state index in [1.165, 1.54) is 0 Å². The molecule has 0 radical (unpaired) electrons. The van der Waals surface area contributed by atoms with Crippen molar-refractivity contribution < 1.29 is 49.6 Å². The first kappa shape index (κ1) is 25.4. The molecule has 0 unspecified atom stereocenters. The molecule has 1 spiro atoms. The van der Waals surface area contributed by atoms with E-state index in [9.17, 15) is 35.4 Å². The molecule has 0 amide bonds. The van der Waals surface area contributed by atoms with E-state index in [1.807, 2.05) is 20.8 Å². The maximum Gasteiger partial charge on any atom is 0.314 e. The summed E-state index contributed by atoms with van der Waals surface area (Å²) in [5.41, 5.74) is -4.33. The Morgan fingerprint density at radius 3 is 2.42 bits per heavy atom. The van der Waals surface area contributed by atoms with Crippen LogP contribution in [0.3, 0.4) is 0 Å². The fraction of sp³-hybridized carbons (Fsp3) is 0.962. The first-order valence-corrected chi connectivity index (χ1v) is 13.4. The van der Waals surface area contributed by atoms with Crippen molar-refractivity contribution in [2.45, 2.75) is 120 Å². The van der Waals surface area contributed by atoms with Crippen LogP contribution in [0.5, 0.6) is 0 Å². The predicted molar refractivity (Wildman–Crippen MR) is 122 cm³/mol. The molecule has 14 atom stereocenters. The van der Waals surface area contributed by atoms with Crippen LogP contribution in [0.1, 0.15) is 65.7 Å². The van der Waals surface area contributed by atoms with Gasteiger partial charge >= 0.3 is 5.97 Å². The Morgan fingerprint density at radius 1 is 1.03 bits per heavy atom. The van der Waals surface area contributed by atoms with Crippen molar-refractivity contribution in [1.82, 2.24) is 0 Å². The van der Waals surface area contributed by atoms with Gasteiger partial charge in [0.2, 0.25) is 6.29 Å². The van der Waals surface area contributed by atoms with E-state index in [0.717, 1.165) is 0 Å². The number of aliphatic hydroxyl groups excluding tert-OH is 5. The van der Waals surface area contributed by atoms with E-state index in [2.05, 4.69) is 0 Å². The number of esters is 1. The Morgan fingerprint density at radius 2 is 1.75 bits per heavy atom. The lowest BCUT2D eigenvalue weighted by atomic mass is 9.37. The molecule has 10 nitrogen and oxygen atoms in total. The highest BCUT2D eigenvalue weighted by Crippen LogP contribution is 2.78. The van der Waals surface area contributed by atoms with Gasteiger partial charge in [0.05, 0.1) is 29.8 Å². The topological polar surface area (TPSA) is 166 Å². The van der Waals surface area contributed by atoms with Crippen molar-refractivity contribution >= 4 is 5.97 Å². The molecule has 3 saturated heterocycles. The minimum absolute atomic E-state index is 0.212. The lowest BCUT2D eigenvalue weighted by Gasteiger charge is -2.70. The van der Waals surface area contributed by atoms with Crippen molar-refractivity contribution in [3.8, 4) is 0 Å². The Bertz CT molecular complexity index is 944. The highest BCUT2D eigenvalue weighted by atomic mass is 16.7. The zero-order valence-corrected chi connectivity index (χ0v) is 21.2. The molecule has 3 aliphatic heterocycles. The third kappa shape index (κ3) is 2.68. The van der Waals surface area contributed by atoms with Crippen molar-refractivity contribution in [2.24, 2.45) is 28.1 Å². The number of fused-ring (bicyclic) bond motifs is 1. The van der Waals surface area contributed by atoms with Crippen LogP contribution in [0, 0.1) is 28.1 Å². The summed E-state index contributed by atoms with van der Waals surface area (Å²) in [4.78, 5) is 13.8. The fourth-order valence-corrected chi connectivity index (χ4v) is 9.94. The molecule has 6 N–H and O–H groups in total. The molecule has 0 aromatic heterocycles. The van der Waals surface area contributed by atoms with E-state index >= 15 is 0 Å². The molecule has 7 fully saturated rings. The second-order valence-corrected chi connectivity index (χ2v) is 13.1. The van der Waals surface area contributed by atoms with Crippen LogP contribution in [-0.2, 0) is 19.0 Å². The van der Waals surface area contributed by atoms with Gasteiger partial charge in [0, 0.05) is 10.8 Å². The van der Waals surface area contributed by atoms with E-state index < -0.39 is 82.9 Å². The normalized spacial score (nSPS) is 61.5. The number of aliphatic hydroxyl groups is 6. The average molecular weight is 513 g/mol. The molecule has 3 heterocycles. The number of ether oxygens (including phenoxy) is 3. The molecule has 0 aromatic rings. The molecule has 7 rings (SSSR count). The largest absolute Gasteiger partial charge is 0.432 e. The van der Waals surface area contributed by atoms with E-state index in [4.69, 9.17) is 14.2 Å². The summed E-state index contributed by atoms with van der Waals surface area (Å²) < 4.78 is 17.5. The van der Waals surface area contributed by atoms with Gasteiger partial charge in [0.25, 0.3) is 0 Å². The molecule has 204 valence electrons. The Hall–Kier alpha value is -0.850. The minimum atomic E-state index is -1.67. The van der Waals surface area contributed by atoms with Gasteiger partial charge < -0.3 is 44.8 Å². The molecule has 4 saturated carbocycles. The molecule has 10 heteroatoms. The molecule has 4 bridgehead atoms. The van der Waals surface area contributed by atoms with Crippen molar-refractivity contribution in [2.75, 3.05) is 6.61 Å². The number of hydrogen-bond acceptors (Lipinski definition) is 10. The SMILES string of the molecule is C[C@]12O[C@H]3C[C@@H]1C[C@@]1(CC[C@@H]4[C@](C)(C(=O)O[C@@H]5O[C@H](CO)[C@@H](O)[C@H](O)[C@H]5O)CCC[C@@]4(C)[C@]31O)[C@@H]2O. The highest BCUT2D eigenvalue weighted by molar-refractivity contribution is 5.77. The molecular weight excluding hydrogens is 472 g/mol. The molecule has 0 aromatic carbocycles.